The van der Waals surface area contributed by atoms with Crippen LogP contribution in [-0.2, 0) is 21.2 Å². The maximum absolute atomic E-state index is 13.6. The maximum atomic E-state index is 13.6. The van der Waals surface area contributed by atoms with Crippen LogP contribution in [0.5, 0.6) is 5.75 Å². The van der Waals surface area contributed by atoms with E-state index in [0.29, 0.717) is 10.8 Å². The van der Waals surface area contributed by atoms with Gasteiger partial charge in [0.25, 0.3) is 15.9 Å². The van der Waals surface area contributed by atoms with E-state index in [1.165, 1.54) is 12.1 Å². The van der Waals surface area contributed by atoms with Gasteiger partial charge in [0.05, 0.1) is 10.6 Å². The van der Waals surface area contributed by atoms with Gasteiger partial charge < -0.3 is 4.74 Å². The molecule has 5 nitrogen and oxygen atoms in total. The van der Waals surface area contributed by atoms with Crippen LogP contribution in [-0.4, -0.2) is 20.4 Å². The maximum Gasteiger partial charge on any atom is 0.281 e. The lowest BCUT2D eigenvalue weighted by atomic mass is 10.1. The van der Waals surface area contributed by atoms with E-state index in [1.807, 2.05) is 26.0 Å². The zero-order chi connectivity index (χ0) is 24.9. The van der Waals surface area contributed by atoms with Crippen molar-refractivity contribution in [3.63, 3.8) is 0 Å². The molecule has 1 amide bonds. The summed E-state index contributed by atoms with van der Waals surface area (Å²) in [6.07, 6.45) is 1.94. The number of aryl methyl sites for hydroxylation is 3. The molecule has 3 rings (SSSR count). The lowest BCUT2D eigenvalue weighted by Gasteiger charge is -2.26. The summed E-state index contributed by atoms with van der Waals surface area (Å²) >= 11 is 6.02. The second-order valence-corrected chi connectivity index (χ2v) is 10.6. The molecule has 0 aromatic heterocycles. The van der Waals surface area contributed by atoms with Crippen molar-refractivity contribution >= 4 is 33.2 Å². The fourth-order valence-electron chi connectivity index (χ4n) is 3.53. The molecule has 0 saturated carbocycles. The van der Waals surface area contributed by atoms with Crippen LogP contribution in [0.3, 0.4) is 0 Å². The van der Waals surface area contributed by atoms with Gasteiger partial charge in [0.15, 0.2) is 6.10 Å². The highest BCUT2D eigenvalue weighted by Crippen LogP contribution is 2.28. The van der Waals surface area contributed by atoms with Crippen molar-refractivity contribution in [2.45, 2.75) is 58.0 Å². The minimum absolute atomic E-state index is 0.0383. The van der Waals surface area contributed by atoms with Gasteiger partial charge >= 0.3 is 0 Å². The van der Waals surface area contributed by atoms with E-state index in [1.54, 1.807) is 49.4 Å². The molecule has 0 N–H and O–H groups in total. The molecule has 0 spiro atoms. The molecule has 3 aromatic carbocycles. The standard InChI is InChI=1S/C27H30ClNO4S/c1-5-6-7-22-10-13-24(14-11-22)29(34(31,32)25-15-8-19(2)9-16-25)27(30)21(4)33-26-17-12-23(28)18-20(26)3/h8-18,21H,5-7H2,1-4H3. The van der Waals surface area contributed by atoms with E-state index in [9.17, 15) is 13.2 Å². The molecule has 180 valence electrons. The highest BCUT2D eigenvalue weighted by molar-refractivity contribution is 7.93. The zero-order valence-corrected chi connectivity index (χ0v) is 21.5. The predicted molar refractivity (Wildman–Crippen MR) is 137 cm³/mol. The number of carbonyl (C=O) groups excluding carboxylic acids is 1. The fourth-order valence-corrected chi connectivity index (χ4v) is 5.23. The Bertz CT molecular complexity index is 1240. The summed E-state index contributed by atoms with van der Waals surface area (Å²) in [5.74, 6) is -0.218. The van der Waals surface area contributed by atoms with Crippen molar-refractivity contribution in [3.05, 3.63) is 88.4 Å². The molecule has 0 radical (unpaired) electrons. The van der Waals surface area contributed by atoms with Crippen LogP contribution in [0.4, 0.5) is 5.69 Å². The number of carbonyl (C=O) groups is 1. The number of sulfonamides is 1. The molecule has 34 heavy (non-hydrogen) atoms. The topological polar surface area (TPSA) is 63.7 Å². The highest BCUT2D eigenvalue weighted by atomic mass is 35.5. The monoisotopic (exact) mass is 499 g/mol. The summed E-state index contributed by atoms with van der Waals surface area (Å²) < 4.78 is 34.0. The lowest BCUT2D eigenvalue weighted by molar-refractivity contribution is -0.123. The quantitative estimate of drug-likeness (QED) is 0.337. The first-order valence-electron chi connectivity index (χ1n) is 11.3. The normalized spacial score (nSPS) is 12.3. The molecular weight excluding hydrogens is 470 g/mol. The lowest BCUT2D eigenvalue weighted by Crippen LogP contribution is -2.44. The number of anilines is 1. The third-order valence-corrected chi connectivity index (χ3v) is 7.51. The Morgan fingerprint density at radius 1 is 1.00 bits per heavy atom. The predicted octanol–water partition coefficient (Wildman–Crippen LogP) is 6.49. The van der Waals surface area contributed by atoms with Crippen LogP contribution >= 0.6 is 11.6 Å². The van der Waals surface area contributed by atoms with Gasteiger partial charge in [0.1, 0.15) is 5.75 Å². The minimum atomic E-state index is -4.17. The summed E-state index contributed by atoms with van der Waals surface area (Å²) in [6.45, 7) is 7.35. The van der Waals surface area contributed by atoms with E-state index in [4.69, 9.17) is 16.3 Å². The molecule has 1 atom stereocenters. The van der Waals surface area contributed by atoms with E-state index in [2.05, 4.69) is 6.92 Å². The number of rotatable bonds is 9. The van der Waals surface area contributed by atoms with Gasteiger partial charge in [0.2, 0.25) is 0 Å². The van der Waals surface area contributed by atoms with Crippen molar-refractivity contribution in [2.24, 2.45) is 0 Å². The first kappa shape index (κ1) is 25.8. The summed E-state index contributed by atoms with van der Waals surface area (Å²) in [4.78, 5) is 13.6. The highest BCUT2D eigenvalue weighted by Gasteiger charge is 2.35. The second kappa shape index (κ2) is 11.1. The average Bonchev–Trinajstić information content (AvgIpc) is 2.80. The number of halogens is 1. The number of amides is 1. The Kier molecular flexibility index (Phi) is 8.39. The van der Waals surface area contributed by atoms with Crippen molar-refractivity contribution in [1.82, 2.24) is 0 Å². The number of hydrogen-bond donors (Lipinski definition) is 0. The van der Waals surface area contributed by atoms with E-state index >= 15 is 0 Å². The first-order valence-corrected chi connectivity index (χ1v) is 13.1. The molecule has 0 bridgehead atoms. The number of unbranched alkanes of at least 4 members (excludes halogenated alkanes) is 1. The molecular formula is C27H30ClNO4S. The molecule has 0 heterocycles. The Labute approximate surface area is 207 Å². The van der Waals surface area contributed by atoms with Crippen LogP contribution in [0, 0.1) is 13.8 Å². The summed E-state index contributed by atoms with van der Waals surface area (Å²) in [5, 5.41) is 0.551. The number of nitrogens with zero attached hydrogens (tertiary/aromatic N) is 1. The first-order chi connectivity index (χ1) is 16.1. The van der Waals surface area contributed by atoms with Crippen molar-refractivity contribution in [2.75, 3.05) is 4.31 Å². The van der Waals surface area contributed by atoms with E-state index in [-0.39, 0.29) is 10.6 Å². The molecule has 0 fully saturated rings. The smallest absolute Gasteiger partial charge is 0.281 e. The molecule has 0 aliphatic rings. The van der Waals surface area contributed by atoms with E-state index < -0.39 is 22.0 Å². The Morgan fingerprint density at radius 2 is 1.65 bits per heavy atom. The molecule has 3 aromatic rings. The van der Waals surface area contributed by atoms with Gasteiger partial charge in [-0.1, -0.05) is 54.8 Å². The van der Waals surface area contributed by atoms with E-state index in [0.717, 1.165) is 40.3 Å². The third-order valence-electron chi connectivity index (χ3n) is 5.54. The van der Waals surface area contributed by atoms with Crippen LogP contribution in [0.2, 0.25) is 5.02 Å². The molecule has 0 aliphatic carbocycles. The average molecular weight is 500 g/mol. The van der Waals surface area contributed by atoms with Gasteiger partial charge in [-0.25, -0.2) is 8.42 Å². The minimum Gasteiger partial charge on any atom is -0.481 e. The third kappa shape index (κ3) is 5.99. The summed E-state index contributed by atoms with van der Waals surface area (Å²) in [6, 6.07) is 18.6. The summed E-state index contributed by atoms with van der Waals surface area (Å²) in [5.41, 5.74) is 3.04. The molecule has 0 aliphatic heterocycles. The Morgan fingerprint density at radius 3 is 2.24 bits per heavy atom. The number of ether oxygens (including phenoxy) is 1. The molecule has 0 saturated heterocycles. The molecule has 1 unspecified atom stereocenters. The van der Waals surface area contributed by atoms with Crippen LogP contribution in [0.15, 0.2) is 71.6 Å². The van der Waals surface area contributed by atoms with Gasteiger partial charge in [-0.3, -0.25) is 4.79 Å². The number of benzene rings is 3. The van der Waals surface area contributed by atoms with Crippen LogP contribution in [0.25, 0.3) is 0 Å². The Balaban J connectivity index is 1.99. The largest absolute Gasteiger partial charge is 0.481 e. The van der Waals surface area contributed by atoms with Gasteiger partial charge in [-0.2, -0.15) is 4.31 Å². The van der Waals surface area contributed by atoms with Gasteiger partial charge in [0, 0.05) is 5.02 Å². The number of hydrogen-bond acceptors (Lipinski definition) is 4. The van der Waals surface area contributed by atoms with Gasteiger partial charge in [-0.05, 0) is 87.2 Å². The SMILES string of the molecule is CCCCc1ccc(N(C(=O)C(C)Oc2ccc(Cl)cc2C)S(=O)(=O)c2ccc(C)cc2)cc1. The van der Waals surface area contributed by atoms with Crippen LogP contribution in [0.1, 0.15) is 43.4 Å². The Hall–Kier alpha value is -2.83. The van der Waals surface area contributed by atoms with Crippen molar-refractivity contribution in [1.29, 1.82) is 0 Å². The second-order valence-electron chi connectivity index (χ2n) is 8.36. The van der Waals surface area contributed by atoms with Crippen LogP contribution < -0.4 is 9.04 Å². The van der Waals surface area contributed by atoms with Gasteiger partial charge in [-0.15, -0.1) is 0 Å². The van der Waals surface area contributed by atoms with Crippen molar-refractivity contribution in [3.8, 4) is 5.75 Å². The molecule has 7 heteroatoms. The summed E-state index contributed by atoms with van der Waals surface area (Å²) in [7, 11) is -4.17. The van der Waals surface area contributed by atoms with Crippen molar-refractivity contribution < 1.29 is 17.9 Å². The fraction of sp³-hybridized carbons (Fsp3) is 0.296. The zero-order valence-electron chi connectivity index (χ0n) is 19.9.